The van der Waals surface area contributed by atoms with Gasteiger partial charge in [-0.25, -0.2) is 4.39 Å². The number of amides is 1. The highest BCUT2D eigenvalue weighted by Crippen LogP contribution is 2.24. The Morgan fingerprint density at radius 1 is 1.12 bits per heavy atom. The van der Waals surface area contributed by atoms with E-state index in [9.17, 15) is 14.0 Å². The van der Waals surface area contributed by atoms with Crippen molar-refractivity contribution < 1.29 is 14.0 Å². The van der Waals surface area contributed by atoms with Crippen LogP contribution in [0.3, 0.4) is 0 Å². The second kappa shape index (κ2) is 12.7. The Morgan fingerprint density at radius 2 is 1.85 bits per heavy atom. The van der Waals surface area contributed by atoms with E-state index in [4.69, 9.17) is 0 Å². The highest BCUT2D eigenvalue weighted by molar-refractivity contribution is 8.06. The molecule has 3 rings (SSSR count). The molecule has 0 N–H and O–H groups in total. The lowest BCUT2D eigenvalue weighted by Gasteiger charge is -2.39. The van der Waals surface area contributed by atoms with Crippen LogP contribution in [0.4, 0.5) is 4.39 Å². The lowest BCUT2D eigenvalue weighted by molar-refractivity contribution is -0.129. The fourth-order valence-electron chi connectivity index (χ4n) is 4.31. The molecule has 1 saturated heterocycles. The molecule has 1 atom stereocenters. The van der Waals surface area contributed by atoms with E-state index in [2.05, 4.69) is 18.4 Å². The largest absolute Gasteiger partial charge is 0.336 e. The molecule has 1 amide bonds. The van der Waals surface area contributed by atoms with Crippen LogP contribution in [-0.2, 0) is 16.0 Å². The molecule has 1 unspecified atom stereocenters. The Kier molecular flexibility index (Phi) is 9.66. The first-order valence-electron chi connectivity index (χ1n) is 11.8. The Morgan fingerprint density at radius 3 is 2.53 bits per heavy atom. The first-order chi connectivity index (χ1) is 16.4. The number of hydrogen-bond donors (Lipinski definition) is 0. The van der Waals surface area contributed by atoms with Gasteiger partial charge in [-0.15, -0.1) is 0 Å². The second-order valence-corrected chi connectivity index (χ2v) is 9.50. The Labute approximate surface area is 206 Å². The normalized spacial score (nSPS) is 15.4. The molecule has 1 heterocycles. The molecule has 0 saturated carbocycles. The summed E-state index contributed by atoms with van der Waals surface area (Å²) in [6.45, 7) is 10.7. The van der Waals surface area contributed by atoms with Gasteiger partial charge >= 0.3 is 0 Å². The molecular formula is C28H33FN2O2S. The smallest absolute Gasteiger partial charge is 0.260 e. The average molecular weight is 481 g/mol. The Bertz CT molecular complexity index is 1040. The lowest BCUT2D eigenvalue weighted by atomic mass is 9.97. The second-order valence-electron chi connectivity index (χ2n) is 8.50. The van der Waals surface area contributed by atoms with Gasteiger partial charge in [-0.1, -0.05) is 73.8 Å². The van der Waals surface area contributed by atoms with Crippen molar-refractivity contribution in [1.29, 1.82) is 0 Å². The molecule has 2 aromatic rings. The summed E-state index contributed by atoms with van der Waals surface area (Å²) < 4.78 is 14.2. The van der Waals surface area contributed by atoms with E-state index in [1.54, 1.807) is 12.1 Å². The summed E-state index contributed by atoms with van der Waals surface area (Å²) in [6.07, 6.45) is 3.57. The van der Waals surface area contributed by atoms with Crippen LogP contribution in [0.5, 0.6) is 0 Å². The Balaban J connectivity index is 1.55. The molecule has 1 aliphatic rings. The van der Waals surface area contributed by atoms with E-state index in [-0.39, 0.29) is 23.5 Å². The zero-order valence-corrected chi connectivity index (χ0v) is 20.8. The molecule has 4 nitrogen and oxygen atoms in total. The number of ketones is 1. The van der Waals surface area contributed by atoms with Crippen molar-refractivity contribution in [3.05, 3.63) is 82.9 Å². The molecule has 180 valence electrons. The van der Waals surface area contributed by atoms with E-state index in [0.29, 0.717) is 36.4 Å². The molecular weight excluding hydrogens is 447 g/mol. The number of carbonyl (C=O) groups excluding carboxylic acids is 2. The zero-order valence-electron chi connectivity index (χ0n) is 20.0. The Hall–Kier alpha value is -2.70. The van der Waals surface area contributed by atoms with Crippen molar-refractivity contribution in [2.75, 3.05) is 26.2 Å². The molecule has 0 aromatic heterocycles. The average Bonchev–Trinajstić information content (AvgIpc) is 2.86. The fourth-order valence-corrected chi connectivity index (χ4v) is 4.84. The third-order valence-corrected chi connectivity index (χ3v) is 7.02. The van der Waals surface area contributed by atoms with Crippen molar-refractivity contribution in [1.82, 2.24) is 9.80 Å². The number of halogens is 1. The number of rotatable bonds is 10. The molecule has 2 aromatic carbocycles. The van der Waals surface area contributed by atoms with Crippen molar-refractivity contribution in [3.63, 3.8) is 0 Å². The fraction of sp³-hybridized carbons (Fsp3) is 0.357. The van der Waals surface area contributed by atoms with Gasteiger partial charge in [-0.05, 0) is 35.9 Å². The van der Waals surface area contributed by atoms with Gasteiger partial charge in [0.25, 0.3) is 5.91 Å². The maximum absolute atomic E-state index is 14.2. The van der Waals surface area contributed by atoms with Crippen LogP contribution in [0, 0.1) is 5.82 Å². The number of carbonyl (C=O) groups is 2. The van der Waals surface area contributed by atoms with Crippen LogP contribution in [0.1, 0.15) is 32.3 Å². The van der Waals surface area contributed by atoms with Gasteiger partial charge in [0.2, 0.25) is 0 Å². The topological polar surface area (TPSA) is 40.6 Å². The quantitative estimate of drug-likeness (QED) is 0.409. The number of benzene rings is 2. The zero-order chi connectivity index (χ0) is 24.5. The number of Topliss-reactive ketones (excluding diaryl/α,β-unsaturated/α-hetero) is 1. The first-order valence-corrected chi connectivity index (χ1v) is 12.7. The maximum atomic E-state index is 14.2. The summed E-state index contributed by atoms with van der Waals surface area (Å²) in [5.74, 6) is -0.104. The number of nitrogens with zero attached hydrogens (tertiary/aromatic N) is 2. The van der Waals surface area contributed by atoms with Crippen molar-refractivity contribution in [3.8, 4) is 11.1 Å². The SMILES string of the molecule is C=C(SC=CC)C(=O)N1CCN(C(CC)CC(=O)Cc2cccc(-c3ccccc3F)c2)CC1. The molecule has 1 fully saturated rings. The molecule has 1 aliphatic heterocycles. The number of hydrogen-bond acceptors (Lipinski definition) is 4. The number of piperazine rings is 1. The van der Waals surface area contributed by atoms with Crippen molar-refractivity contribution in [2.45, 2.75) is 39.2 Å². The van der Waals surface area contributed by atoms with E-state index in [0.717, 1.165) is 30.6 Å². The van der Waals surface area contributed by atoms with E-state index >= 15 is 0 Å². The number of allylic oxidation sites excluding steroid dienone is 1. The molecule has 0 aliphatic carbocycles. The van der Waals surface area contributed by atoms with Gasteiger partial charge in [-0.3, -0.25) is 14.5 Å². The minimum absolute atomic E-state index is 0.0124. The van der Waals surface area contributed by atoms with Gasteiger partial charge in [-0.2, -0.15) is 0 Å². The van der Waals surface area contributed by atoms with E-state index in [1.165, 1.54) is 17.8 Å². The van der Waals surface area contributed by atoms with Crippen LogP contribution in [0.15, 0.2) is 71.5 Å². The van der Waals surface area contributed by atoms with Crippen LogP contribution in [0.25, 0.3) is 11.1 Å². The molecule has 0 radical (unpaired) electrons. The molecule has 34 heavy (non-hydrogen) atoms. The van der Waals surface area contributed by atoms with Gasteiger partial charge in [0.05, 0.1) is 4.91 Å². The maximum Gasteiger partial charge on any atom is 0.260 e. The summed E-state index contributed by atoms with van der Waals surface area (Å²) in [4.78, 5) is 30.2. The van der Waals surface area contributed by atoms with Gasteiger partial charge < -0.3 is 4.90 Å². The van der Waals surface area contributed by atoms with Gasteiger partial charge in [0.1, 0.15) is 11.6 Å². The van der Waals surface area contributed by atoms with Crippen LogP contribution >= 0.6 is 11.8 Å². The molecule has 6 heteroatoms. The van der Waals surface area contributed by atoms with Gasteiger partial charge in [0, 0.05) is 50.6 Å². The summed E-state index contributed by atoms with van der Waals surface area (Å²) in [7, 11) is 0. The third-order valence-electron chi connectivity index (χ3n) is 6.15. The summed E-state index contributed by atoms with van der Waals surface area (Å²) in [6, 6.07) is 14.4. The predicted octanol–water partition coefficient (Wildman–Crippen LogP) is 5.70. The third kappa shape index (κ3) is 6.90. The lowest BCUT2D eigenvalue weighted by Crippen LogP contribution is -2.52. The predicted molar refractivity (Wildman–Crippen MR) is 139 cm³/mol. The van der Waals surface area contributed by atoms with E-state index in [1.807, 2.05) is 53.6 Å². The number of thioether (sulfide) groups is 1. The van der Waals surface area contributed by atoms with Crippen LogP contribution < -0.4 is 0 Å². The van der Waals surface area contributed by atoms with Crippen LogP contribution in [-0.4, -0.2) is 53.7 Å². The highest BCUT2D eigenvalue weighted by Gasteiger charge is 2.27. The monoisotopic (exact) mass is 480 g/mol. The first kappa shape index (κ1) is 25.9. The molecule has 0 spiro atoms. The summed E-state index contributed by atoms with van der Waals surface area (Å²) in [5, 5.41) is 1.86. The summed E-state index contributed by atoms with van der Waals surface area (Å²) >= 11 is 1.35. The van der Waals surface area contributed by atoms with Gasteiger partial charge in [0.15, 0.2) is 0 Å². The van der Waals surface area contributed by atoms with E-state index < -0.39 is 0 Å². The minimum atomic E-state index is -0.265. The van der Waals surface area contributed by atoms with Crippen molar-refractivity contribution >= 4 is 23.5 Å². The molecule has 0 bridgehead atoms. The summed E-state index contributed by atoms with van der Waals surface area (Å²) in [5.41, 5.74) is 2.22. The minimum Gasteiger partial charge on any atom is -0.336 e. The van der Waals surface area contributed by atoms with Crippen LogP contribution in [0.2, 0.25) is 0 Å². The standard InChI is InChI=1S/C28H33FN2O2S/c1-4-17-34-21(3)28(33)31-15-13-30(14-16-31)24(5-2)20-25(32)19-22-9-8-10-23(18-22)26-11-6-7-12-27(26)29/h4,6-12,17-18,24H,3,5,13-16,19-20H2,1-2H3. The van der Waals surface area contributed by atoms with Crippen molar-refractivity contribution in [2.24, 2.45) is 0 Å². The highest BCUT2D eigenvalue weighted by atomic mass is 32.2.